The second kappa shape index (κ2) is 3.73. The van der Waals surface area contributed by atoms with Crippen LogP contribution in [0, 0.1) is 0 Å². The van der Waals surface area contributed by atoms with E-state index in [4.69, 9.17) is 5.11 Å². The van der Waals surface area contributed by atoms with Gasteiger partial charge in [-0.3, -0.25) is 4.90 Å². The summed E-state index contributed by atoms with van der Waals surface area (Å²) in [6.07, 6.45) is -2.17. The molecule has 14 heavy (non-hydrogen) atoms. The van der Waals surface area contributed by atoms with Gasteiger partial charge in [0.25, 0.3) is 0 Å². The Labute approximate surface area is 83.1 Å². The van der Waals surface area contributed by atoms with Gasteiger partial charge in [0.05, 0.1) is 6.04 Å². The molecule has 4 nitrogen and oxygen atoms in total. The minimum Gasteiger partial charge on any atom is -0.465 e. The topological polar surface area (TPSA) is 52.6 Å². The lowest BCUT2D eigenvalue weighted by Crippen LogP contribution is -2.54. The fraction of sp³-hybridized carbons (Fsp3) is 0.889. The van der Waals surface area contributed by atoms with Crippen molar-refractivity contribution < 1.29 is 14.3 Å². The molecule has 0 unspecified atom stereocenters. The first-order valence-corrected chi connectivity index (χ1v) is 4.71. The standard InChI is InChI=1S/C9H17FN2O2/c1-9(2,3)12(8(13)14)7-5-11-4-6(7)10/h6-7,11H,4-5H2,1-3H3,(H,13,14)/t6-,7+/m0/s1. The van der Waals surface area contributed by atoms with Crippen LogP contribution in [0.3, 0.4) is 0 Å². The van der Waals surface area contributed by atoms with Gasteiger partial charge in [-0.25, -0.2) is 9.18 Å². The molecule has 1 amide bonds. The molecule has 0 saturated carbocycles. The van der Waals surface area contributed by atoms with Crippen molar-refractivity contribution in [1.29, 1.82) is 0 Å². The summed E-state index contributed by atoms with van der Waals surface area (Å²) < 4.78 is 13.4. The Morgan fingerprint density at radius 1 is 1.50 bits per heavy atom. The maximum atomic E-state index is 13.4. The predicted molar refractivity (Wildman–Crippen MR) is 51.2 cm³/mol. The third-order valence-electron chi connectivity index (χ3n) is 2.37. The van der Waals surface area contributed by atoms with Crippen molar-refractivity contribution in [2.24, 2.45) is 0 Å². The Bertz CT molecular complexity index is 227. The quantitative estimate of drug-likeness (QED) is 0.672. The zero-order chi connectivity index (χ0) is 10.9. The largest absolute Gasteiger partial charge is 0.465 e. The molecule has 0 radical (unpaired) electrons. The number of halogens is 1. The fourth-order valence-corrected chi connectivity index (χ4v) is 1.81. The molecule has 0 spiro atoms. The highest BCUT2D eigenvalue weighted by molar-refractivity contribution is 5.66. The summed E-state index contributed by atoms with van der Waals surface area (Å²) in [5.74, 6) is 0. The van der Waals surface area contributed by atoms with E-state index >= 15 is 0 Å². The minimum atomic E-state index is -1.11. The monoisotopic (exact) mass is 204 g/mol. The third kappa shape index (κ3) is 2.15. The van der Waals surface area contributed by atoms with E-state index < -0.39 is 23.8 Å². The van der Waals surface area contributed by atoms with Gasteiger partial charge in [0, 0.05) is 18.6 Å². The van der Waals surface area contributed by atoms with E-state index in [1.807, 2.05) is 0 Å². The van der Waals surface area contributed by atoms with Gasteiger partial charge in [0.15, 0.2) is 0 Å². The Morgan fingerprint density at radius 2 is 2.07 bits per heavy atom. The van der Waals surface area contributed by atoms with Gasteiger partial charge in [-0.15, -0.1) is 0 Å². The summed E-state index contributed by atoms with van der Waals surface area (Å²) in [7, 11) is 0. The zero-order valence-corrected chi connectivity index (χ0v) is 8.75. The van der Waals surface area contributed by atoms with Crippen LogP contribution in [0.5, 0.6) is 0 Å². The summed E-state index contributed by atoms with van der Waals surface area (Å²) in [6, 6.07) is -0.563. The predicted octanol–water partition coefficient (Wildman–Crippen LogP) is 1.07. The number of carboxylic acid groups (broad SMARTS) is 1. The van der Waals surface area contributed by atoms with E-state index in [-0.39, 0.29) is 6.54 Å². The molecule has 0 aliphatic carbocycles. The summed E-state index contributed by atoms with van der Waals surface area (Å²) >= 11 is 0. The van der Waals surface area contributed by atoms with E-state index in [9.17, 15) is 9.18 Å². The van der Waals surface area contributed by atoms with Crippen LogP contribution in [0.2, 0.25) is 0 Å². The first-order chi connectivity index (χ1) is 6.34. The number of rotatable bonds is 1. The zero-order valence-electron chi connectivity index (χ0n) is 8.75. The van der Waals surface area contributed by atoms with Crippen LogP contribution in [0.4, 0.5) is 9.18 Å². The lowest BCUT2D eigenvalue weighted by molar-refractivity contribution is 0.0540. The molecule has 2 atom stereocenters. The van der Waals surface area contributed by atoms with Crippen molar-refractivity contribution in [2.75, 3.05) is 13.1 Å². The van der Waals surface area contributed by atoms with Crippen LogP contribution in [0.25, 0.3) is 0 Å². The summed E-state index contributed by atoms with van der Waals surface area (Å²) in [4.78, 5) is 12.2. The molecule has 0 aromatic carbocycles. The Balaban J connectivity index is 2.83. The van der Waals surface area contributed by atoms with Crippen LogP contribution < -0.4 is 5.32 Å². The first-order valence-electron chi connectivity index (χ1n) is 4.71. The maximum Gasteiger partial charge on any atom is 0.408 e. The molecule has 1 aliphatic rings. The second-order valence-electron chi connectivity index (χ2n) is 4.56. The van der Waals surface area contributed by atoms with Gasteiger partial charge < -0.3 is 10.4 Å². The Kier molecular flexibility index (Phi) is 2.99. The summed E-state index contributed by atoms with van der Waals surface area (Å²) in [5, 5.41) is 11.9. The molecule has 1 fully saturated rings. The number of nitrogens with one attached hydrogen (secondary N) is 1. The van der Waals surface area contributed by atoms with Crippen molar-refractivity contribution in [3.05, 3.63) is 0 Å². The van der Waals surface area contributed by atoms with Gasteiger partial charge in [0.1, 0.15) is 6.17 Å². The fourth-order valence-electron chi connectivity index (χ4n) is 1.81. The summed E-state index contributed by atoms with van der Waals surface area (Å²) in [6.45, 7) is 5.94. The molecule has 1 rings (SSSR count). The highest BCUT2D eigenvalue weighted by Crippen LogP contribution is 2.22. The average Bonchev–Trinajstić information content (AvgIpc) is 2.32. The van der Waals surface area contributed by atoms with Crippen LogP contribution in [0.1, 0.15) is 20.8 Å². The molecule has 1 heterocycles. The lowest BCUT2D eigenvalue weighted by atomic mass is 10.0. The normalized spacial score (nSPS) is 27.7. The molecule has 0 bridgehead atoms. The molecule has 0 aromatic rings. The Hall–Kier alpha value is -0.840. The van der Waals surface area contributed by atoms with Gasteiger partial charge in [-0.2, -0.15) is 0 Å². The van der Waals surface area contributed by atoms with Gasteiger partial charge in [-0.05, 0) is 20.8 Å². The molecule has 5 heteroatoms. The van der Waals surface area contributed by atoms with Crippen molar-refractivity contribution in [3.8, 4) is 0 Å². The second-order valence-corrected chi connectivity index (χ2v) is 4.56. The van der Waals surface area contributed by atoms with Crippen molar-refractivity contribution in [1.82, 2.24) is 10.2 Å². The van der Waals surface area contributed by atoms with Crippen LogP contribution in [-0.2, 0) is 0 Å². The number of alkyl halides is 1. The van der Waals surface area contributed by atoms with Gasteiger partial charge in [-0.1, -0.05) is 0 Å². The molecular weight excluding hydrogens is 187 g/mol. The number of amides is 1. The van der Waals surface area contributed by atoms with E-state index in [1.54, 1.807) is 20.8 Å². The number of hydrogen-bond acceptors (Lipinski definition) is 2. The molecule has 2 N–H and O–H groups in total. The van der Waals surface area contributed by atoms with E-state index in [0.717, 1.165) is 0 Å². The number of nitrogens with zero attached hydrogens (tertiary/aromatic N) is 1. The lowest BCUT2D eigenvalue weighted by Gasteiger charge is -2.38. The van der Waals surface area contributed by atoms with E-state index in [2.05, 4.69) is 5.32 Å². The van der Waals surface area contributed by atoms with Crippen molar-refractivity contribution >= 4 is 6.09 Å². The third-order valence-corrected chi connectivity index (χ3v) is 2.37. The SMILES string of the molecule is CC(C)(C)N(C(=O)O)[C@@H]1CNC[C@@H]1F. The van der Waals surface area contributed by atoms with Crippen molar-refractivity contribution in [3.63, 3.8) is 0 Å². The molecule has 82 valence electrons. The van der Waals surface area contributed by atoms with Crippen LogP contribution in [-0.4, -0.2) is 46.9 Å². The van der Waals surface area contributed by atoms with E-state index in [0.29, 0.717) is 6.54 Å². The van der Waals surface area contributed by atoms with Crippen LogP contribution in [0.15, 0.2) is 0 Å². The highest BCUT2D eigenvalue weighted by Gasteiger charge is 2.40. The number of hydrogen-bond donors (Lipinski definition) is 2. The minimum absolute atomic E-state index is 0.241. The summed E-state index contributed by atoms with van der Waals surface area (Å²) in [5.41, 5.74) is -0.563. The molecule has 0 aromatic heterocycles. The average molecular weight is 204 g/mol. The van der Waals surface area contributed by atoms with Gasteiger partial charge in [0.2, 0.25) is 0 Å². The Morgan fingerprint density at radius 3 is 2.36 bits per heavy atom. The number of carbonyl (C=O) groups is 1. The molecule has 1 saturated heterocycles. The maximum absolute atomic E-state index is 13.4. The molecular formula is C9H17FN2O2. The highest BCUT2D eigenvalue weighted by atomic mass is 19.1. The smallest absolute Gasteiger partial charge is 0.408 e. The van der Waals surface area contributed by atoms with E-state index in [1.165, 1.54) is 4.90 Å². The van der Waals surface area contributed by atoms with Crippen LogP contribution >= 0.6 is 0 Å². The van der Waals surface area contributed by atoms with Crippen molar-refractivity contribution in [2.45, 2.75) is 38.5 Å². The molecule has 1 aliphatic heterocycles. The first kappa shape index (κ1) is 11.2. The van der Waals surface area contributed by atoms with Gasteiger partial charge >= 0.3 is 6.09 Å².